The highest BCUT2D eigenvalue weighted by Gasteiger charge is 2.18. The fraction of sp³-hybridized carbons (Fsp3) is 0.286. The van der Waals surface area contributed by atoms with E-state index in [1.165, 1.54) is 0 Å². The SMILES string of the molecule is CCCSc1nnc(CNC(=O)c2cccc(C)c2)n1-c1ccccc1OC. The number of rotatable bonds is 8. The first-order valence-corrected chi connectivity index (χ1v) is 10.2. The Bertz CT molecular complexity index is 955. The molecule has 1 heterocycles. The molecule has 0 aliphatic carbocycles. The normalized spacial score (nSPS) is 10.7. The molecule has 2 aromatic carbocycles. The van der Waals surface area contributed by atoms with Crippen LogP contribution in [0.3, 0.4) is 0 Å². The lowest BCUT2D eigenvalue weighted by molar-refractivity contribution is 0.0949. The number of aryl methyl sites for hydroxylation is 1. The number of nitrogens with one attached hydrogen (secondary N) is 1. The summed E-state index contributed by atoms with van der Waals surface area (Å²) in [7, 11) is 1.64. The van der Waals surface area contributed by atoms with E-state index in [9.17, 15) is 4.79 Å². The van der Waals surface area contributed by atoms with Gasteiger partial charge >= 0.3 is 0 Å². The van der Waals surface area contributed by atoms with Crippen molar-refractivity contribution in [3.8, 4) is 11.4 Å². The third kappa shape index (κ3) is 4.54. The molecule has 1 aromatic heterocycles. The van der Waals surface area contributed by atoms with Crippen LogP contribution >= 0.6 is 11.8 Å². The summed E-state index contributed by atoms with van der Waals surface area (Å²) in [5.41, 5.74) is 2.53. The molecule has 0 atom stereocenters. The zero-order valence-electron chi connectivity index (χ0n) is 16.3. The molecule has 7 heteroatoms. The molecule has 0 saturated carbocycles. The predicted octanol–water partition coefficient (Wildman–Crippen LogP) is 4.02. The minimum Gasteiger partial charge on any atom is -0.495 e. The molecule has 0 fully saturated rings. The number of methoxy groups -OCH3 is 1. The molecule has 3 aromatic rings. The molecule has 1 N–H and O–H groups in total. The molecule has 3 rings (SSSR count). The molecule has 0 bridgehead atoms. The Morgan fingerprint density at radius 3 is 2.75 bits per heavy atom. The molecule has 0 saturated heterocycles. The third-order valence-corrected chi connectivity index (χ3v) is 5.28. The number of benzene rings is 2. The highest BCUT2D eigenvalue weighted by molar-refractivity contribution is 7.99. The second kappa shape index (κ2) is 9.41. The van der Waals surface area contributed by atoms with Crippen LogP contribution in [0.4, 0.5) is 0 Å². The molecular formula is C21H24N4O2S. The van der Waals surface area contributed by atoms with Gasteiger partial charge in [0.25, 0.3) is 5.91 Å². The van der Waals surface area contributed by atoms with Crippen LogP contribution in [0.15, 0.2) is 53.7 Å². The van der Waals surface area contributed by atoms with Crippen LogP contribution in [0.25, 0.3) is 5.69 Å². The van der Waals surface area contributed by atoms with Gasteiger partial charge in [0.05, 0.1) is 19.3 Å². The molecule has 0 radical (unpaired) electrons. The van der Waals surface area contributed by atoms with Crippen LogP contribution in [-0.4, -0.2) is 33.5 Å². The van der Waals surface area contributed by atoms with Crippen molar-refractivity contribution in [2.24, 2.45) is 0 Å². The number of aromatic nitrogens is 3. The first-order valence-electron chi connectivity index (χ1n) is 9.19. The molecule has 28 heavy (non-hydrogen) atoms. The summed E-state index contributed by atoms with van der Waals surface area (Å²) in [6.07, 6.45) is 1.03. The monoisotopic (exact) mass is 396 g/mol. The van der Waals surface area contributed by atoms with Gasteiger partial charge in [0, 0.05) is 11.3 Å². The van der Waals surface area contributed by atoms with Crippen molar-refractivity contribution in [2.45, 2.75) is 32.0 Å². The molecule has 0 aliphatic heterocycles. The number of carbonyl (C=O) groups excluding carboxylic acids is 1. The molecule has 1 amide bonds. The van der Waals surface area contributed by atoms with Crippen molar-refractivity contribution >= 4 is 17.7 Å². The van der Waals surface area contributed by atoms with Gasteiger partial charge in [-0.05, 0) is 37.6 Å². The molecule has 6 nitrogen and oxygen atoms in total. The van der Waals surface area contributed by atoms with Gasteiger partial charge in [0.2, 0.25) is 0 Å². The van der Waals surface area contributed by atoms with Crippen LogP contribution in [0.2, 0.25) is 0 Å². The van der Waals surface area contributed by atoms with Crippen LogP contribution in [-0.2, 0) is 6.54 Å². The lowest BCUT2D eigenvalue weighted by atomic mass is 10.1. The Kier molecular flexibility index (Phi) is 6.71. The van der Waals surface area contributed by atoms with Gasteiger partial charge in [-0.15, -0.1) is 10.2 Å². The number of hydrogen-bond donors (Lipinski definition) is 1. The van der Waals surface area contributed by atoms with Crippen LogP contribution in [0.5, 0.6) is 5.75 Å². The van der Waals surface area contributed by atoms with E-state index >= 15 is 0 Å². The molecule has 0 spiro atoms. The number of ether oxygens (including phenoxy) is 1. The smallest absolute Gasteiger partial charge is 0.251 e. The summed E-state index contributed by atoms with van der Waals surface area (Å²) >= 11 is 1.64. The molecule has 0 aliphatic rings. The lowest BCUT2D eigenvalue weighted by Crippen LogP contribution is -2.24. The van der Waals surface area contributed by atoms with Crippen molar-refractivity contribution < 1.29 is 9.53 Å². The zero-order chi connectivity index (χ0) is 19.9. The van der Waals surface area contributed by atoms with E-state index < -0.39 is 0 Å². The minimum absolute atomic E-state index is 0.138. The van der Waals surface area contributed by atoms with Crippen LogP contribution in [0.1, 0.15) is 35.1 Å². The van der Waals surface area contributed by atoms with Gasteiger partial charge < -0.3 is 10.1 Å². The summed E-state index contributed by atoms with van der Waals surface area (Å²) < 4.78 is 7.47. The van der Waals surface area contributed by atoms with Gasteiger partial charge in [0.1, 0.15) is 5.75 Å². The number of nitrogens with zero attached hydrogens (tertiary/aromatic N) is 3. The van der Waals surface area contributed by atoms with Gasteiger partial charge in [-0.2, -0.15) is 0 Å². The summed E-state index contributed by atoms with van der Waals surface area (Å²) in [5, 5.41) is 12.4. The second-order valence-corrected chi connectivity index (χ2v) is 7.37. The Balaban J connectivity index is 1.88. The summed E-state index contributed by atoms with van der Waals surface area (Å²) in [6, 6.07) is 15.2. The van der Waals surface area contributed by atoms with Crippen molar-refractivity contribution in [1.29, 1.82) is 0 Å². The Labute approximate surface area is 169 Å². The summed E-state index contributed by atoms with van der Waals surface area (Å²) in [5.74, 6) is 2.18. The molecule has 0 unspecified atom stereocenters. The summed E-state index contributed by atoms with van der Waals surface area (Å²) in [4.78, 5) is 12.5. The van der Waals surface area contributed by atoms with Gasteiger partial charge in [-0.1, -0.05) is 48.5 Å². The summed E-state index contributed by atoms with van der Waals surface area (Å²) in [6.45, 7) is 4.36. The molecule has 146 valence electrons. The van der Waals surface area contributed by atoms with Crippen LogP contribution in [0, 0.1) is 6.92 Å². The van der Waals surface area contributed by atoms with E-state index in [4.69, 9.17) is 4.74 Å². The highest BCUT2D eigenvalue weighted by Crippen LogP contribution is 2.28. The van der Waals surface area contributed by atoms with Crippen molar-refractivity contribution in [3.63, 3.8) is 0 Å². The number of amides is 1. The molecular weight excluding hydrogens is 372 g/mol. The Hall–Kier alpha value is -2.80. The number of thioether (sulfide) groups is 1. The number of para-hydroxylation sites is 2. The van der Waals surface area contributed by atoms with Crippen molar-refractivity contribution in [1.82, 2.24) is 20.1 Å². The maximum absolute atomic E-state index is 12.5. The quantitative estimate of drug-likeness (QED) is 0.583. The fourth-order valence-electron chi connectivity index (χ4n) is 2.81. The minimum atomic E-state index is -0.138. The average Bonchev–Trinajstić information content (AvgIpc) is 3.12. The zero-order valence-corrected chi connectivity index (χ0v) is 17.1. The lowest BCUT2D eigenvalue weighted by Gasteiger charge is -2.14. The van der Waals surface area contributed by atoms with Gasteiger partial charge in [-0.25, -0.2) is 0 Å². The van der Waals surface area contributed by atoms with E-state index in [1.54, 1.807) is 24.9 Å². The number of hydrogen-bond acceptors (Lipinski definition) is 5. The topological polar surface area (TPSA) is 69.0 Å². The highest BCUT2D eigenvalue weighted by atomic mass is 32.2. The van der Waals surface area contributed by atoms with Gasteiger partial charge in [-0.3, -0.25) is 9.36 Å². The maximum Gasteiger partial charge on any atom is 0.251 e. The standard InChI is InChI=1S/C21H24N4O2S/c1-4-12-28-21-24-23-19(25(21)17-10-5-6-11-18(17)27-3)14-22-20(26)16-9-7-8-15(2)13-16/h5-11,13H,4,12,14H2,1-3H3,(H,22,26). The maximum atomic E-state index is 12.5. The van der Waals surface area contributed by atoms with E-state index in [0.717, 1.165) is 34.3 Å². The van der Waals surface area contributed by atoms with E-state index in [0.29, 0.717) is 11.4 Å². The van der Waals surface area contributed by atoms with Crippen molar-refractivity contribution in [2.75, 3.05) is 12.9 Å². The largest absolute Gasteiger partial charge is 0.495 e. The first kappa shape index (κ1) is 19.9. The van der Waals surface area contributed by atoms with E-state index in [1.807, 2.05) is 54.0 Å². The predicted molar refractivity (Wildman–Crippen MR) is 111 cm³/mol. The fourth-order valence-corrected chi connectivity index (χ4v) is 3.62. The Morgan fingerprint density at radius 2 is 2.00 bits per heavy atom. The first-order chi connectivity index (χ1) is 13.6. The average molecular weight is 397 g/mol. The van der Waals surface area contributed by atoms with E-state index in [2.05, 4.69) is 22.4 Å². The van der Waals surface area contributed by atoms with Gasteiger partial charge in [0.15, 0.2) is 11.0 Å². The van der Waals surface area contributed by atoms with E-state index in [-0.39, 0.29) is 12.5 Å². The number of carbonyl (C=O) groups is 1. The second-order valence-electron chi connectivity index (χ2n) is 6.31. The van der Waals surface area contributed by atoms with Crippen molar-refractivity contribution in [3.05, 3.63) is 65.5 Å². The van der Waals surface area contributed by atoms with Crippen LogP contribution < -0.4 is 10.1 Å². The third-order valence-electron chi connectivity index (χ3n) is 4.15. The Morgan fingerprint density at radius 1 is 1.18 bits per heavy atom.